The summed E-state index contributed by atoms with van der Waals surface area (Å²) in [5, 5.41) is 0. The molecule has 2 aromatic rings. The quantitative estimate of drug-likeness (QED) is 0.704. The van der Waals surface area contributed by atoms with Crippen molar-refractivity contribution in [1.82, 2.24) is 0 Å². The number of carbonyl (C=O) groups is 1. The van der Waals surface area contributed by atoms with Crippen LogP contribution in [0, 0.1) is 0 Å². The molecule has 27 heavy (non-hydrogen) atoms. The number of nitrogens with zero attached hydrogens (tertiary/aromatic N) is 1. The molecule has 0 unspecified atom stereocenters. The largest absolute Gasteiger partial charge is 0.573 e. The van der Waals surface area contributed by atoms with Gasteiger partial charge in [0, 0.05) is 30.8 Å². The smallest absolute Gasteiger partial charge is 0.406 e. The molecule has 0 spiro atoms. The number of aryl methyl sites for hydroxylation is 1. The SMILES string of the molecule is O=C(CCc1cccc(OC(F)(F)F)c1)c1ccc(N2CCOCC2)cc1. The molecule has 7 heteroatoms. The molecule has 0 amide bonds. The van der Waals surface area contributed by atoms with Crippen LogP contribution in [0.3, 0.4) is 0 Å². The molecular formula is C20H20F3NO3. The van der Waals surface area contributed by atoms with E-state index in [1.54, 1.807) is 18.2 Å². The van der Waals surface area contributed by atoms with Crippen LogP contribution in [0.1, 0.15) is 22.3 Å². The van der Waals surface area contributed by atoms with Crippen molar-refractivity contribution in [3.05, 3.63) is 59.7 Å². The standard InChI is InChI=1S/C20H20F3NO3/c21-20(22,23)27-18-3-1-2-15(14-18)4-9-19(25)16-5-7-17(8-6-16)24-10-12-26-13-11-24/h1-3,5-8,14H,4,9-13H2. The summed E-state index contributed by atoms with van der Waals surface area (Å²) in [6.07, 6.45) is -4.16. The number of rotatable bonds is 6. The monoisotopic (exact) mass is 379 g/mol. The predicted octanol–water partition coefficient (Wildman–Crippen LogP) is 4.24. The van der Waals surface area contributed by atoms with Gasteiger partial charge in [-0.05, 0) is 48.4 Å². The highest BCUT2D eigenvalue weighted by molar-refractivity contribution is 5.96. The first-order chi connectivity index (χ1) is 12.9. The van der Waals surface area contributed by atoms with Gasteiger partial charge in [-0.2, -0.15) is 0 Å². The molecule has 1 heterocycles. The lowest BCUT2D eigenvalue weighted by molar-refractivity contribution is -0.274. The van der Waals surface area contributed by atoms with E-state index in [1.807, 2.05) is 12.1 Å². The van der Waals surface area contributed by atoms with E-state index in [2.05, 4.69) is 9.64 Å². The summed E-state index contributed by atoms with van der Waals surface area (Å²) in [5.74, 6) is -0.326. The number of halogens is 3. The van der Waals surface area contributed by atoms with Crippen molar-refractivity contribution in [3.8, 4) is 5.75 Å². The Morgan fingerprint density at radius 3 is 2.44 bits per heavy atom. The molecule has 1 saturated heterocycles. The maximum atomic E-state index is 12.4. The molecule has 4 nitrogen and oxygen atoms in total. The topological polar surface area (TPSA) is 38.8 Å². The molecule has 1 aliphatic rings. The van der Waals surface area contributed by atoms with Gasteiger partial charge in [-0.1, -0.05) is 12.1 Å². The summed E-state index contributed by atoms with van der Waals surface area (Å²) in [5.41, 5.74) is 2.26. The zero-order valence-corrected chi connectivity index (χ0v) is 14.7. The maximum absolute atomic E-state index is 12.4. The van der Waals surface area contributed by atoms with E-state index >= 15 is 0 Å². The number of hydrogen-bond donors (Lipinski definition) is 0. The molecule has 0 radical (unpaired) electrons. The van der Waals surface area contributed by atoms with Gasteiger partial charge >= 0.3 is 6.36 Å². The summed E-state index contributed by atoms with van der Waals surface area (Å²) < 4.78 is 46.1. The van der Waals surface area contributed by atoms with Crippen LogP contribution in [0.25, 0.3) is 0 Å². The second-order valence-electron chi connectivity index (χ2n) is 6.26. The Hall–Kier alpha value is -2.54. The number of anilines is 1. The minimum absolute atomic E-state index is 0.0503. The van der Waals surface area contributed by atoms with E-state index in [-0.39, 0.29) is 18.0 Å². The summed E-state index contributed by atoms with van der Waals surface area (Å²) in [6.45, 7) is 3.03. The van der Waals surface area contributed by atoms with E-state index in [4.69, 9.17) is 4.74 Å². The Morgan fingerprint density at radius 2 is 1.78 bits per heavy atom. The van der Waals surface area contributed by atoms with Crippen LogP contribution in [0.5, 0.6) is 5.75 Å². The van der Waals surface area contributed by atoms with Crippen molar-refractivity contribution >= 4 is 11.5 Å². The van der Waals surface area contributed by atoms with Crippen LogP contribution in [-0.2, 0) is 11.2 Å². The van der Waals surface area contributed by atoms with Crippen molar-refractivity contribution in [2.24, 2.45) is 0 Å². The number of carbonyl (C=O) groups excluding carboxylic acids is 1. The van der Waals surface area contributed by atoms with Gasteiger partial charge in [0.05, 0.1) is 13.2 Å². The number of ketones is 1. The van der Waals surface area contributed by atoms with Crippen molar-refractivity contribution < 1.29 is 27.4 Å². The molecule has 0 bridgehead atoms. The molecule has 0 atom stereocenters. The lowest BCUT2D eigenvalue weighted by atomic mass is 10.0. The van der Waals surface area contributed by atoms with E-state index < -0.39 is 6.36 Å². The molecule has 0 aromatic heterocycles. The van der Waals surface area contributed by atoms with Gasteiger partial charge in [-0.3, -0.25) is 4.79 Å². The fraction of sp³-hybridized carbons (Fsp3) is 0.350. The summed E-state index contributed by atoms with van der Waals surface area (Å²) in [4.78, 5) is 14.6. The van der Waals surface area contributed by atoms with Gasteiger partial charge in [0.25, 0.3) is 0 Å². The first-order valence-electron chi connectivity index (χ1n) is 8.71. The molecule has 2 aromatic carbocycles. The summed E-state index contributed by atoms with van der Waals surface area (Å²) in [6, 6.07) is 13.1. The van der Waals surface area contributed by atoms with Gasteiger partial charge in [0.2, 0.25) is 0 Å². The fourth-order valence-corrected chi connectivity index (χ4v) is 2.98. The van der Waals surface area contributed by atoms with Crippen molar-refractivity contribution in [2.45, 2.75) is 19.2 Å². The van der Waals surface area contributed by atoms with Crippen LogP contribution in [0.15, 0.2) is 48.5 Å². The highest BCUT2D eigenvalue weighted by atomic mass is 19.4. The fourth-order valence-electron chi connectivity index (χ4n) is 2.98. The van der Waals surface area contributed by atoms with Crippen molar-refractivity contribution in [2.75, 3.05) is 31.2 Å². The molecule has 3 rings (SSSR count). The third-order valence-electron chi connectivity index (χ3n) is 4.34. The number of morpholine rings is 1. The number of hydrogen-bond acceptors (Lipinski definition) is 4. The van der Waals surface area contributed by atoms with E-state index in [0.717, 1.165) is 18.8 Å². The van der Waals surface area contributed by atoms with Crippen LogP contribution < -0.4 is 9.64 Å². The Labute approximate surface area is 155 Å². The molecule has 1 aliphatic heterocycles. The molecule has 0 N–H and O–H groups in total. The summed E-state index contributed by atoms with van der Waals surface area (Å²) >= 11 is 0. The van der Waals surface area contributed by atoms with Gasteiger partial charge in [-0.25, -0.2) is 0 Å². The first-order valence-corrected chi connectivity index (χ1v) is 8.71. The minimum atomic E-state index is -4.73. The predicted molar refractivity (Wildman–Crippen MR) is 95.3 cm³/mol. The molecular weight excluding hydrogens is 359 g/mol. The Morgan fingerprint density at radius 1 is 1.07 bits per heavy atom. The highest BCUT2D eigenvalue weighted by Gasteiger charge is 2.31. The number of Topliss-reactive ketones (excluding diaryl/α,β-unsaturated/α-hetero) is 1. The molecule has 0 aliphatic carbocycles. The van der Waals surface area contributed by atoms with Gasteiger partial charge < -0.3 is 14.4 Å². The number of benzene rings is 2. The van der Waals surface area contributed by atoms with Crippen molar-refractivity contribution in [1.29, 1.82) is 0 Å². The van der Waals surface area contributed by atoms with Crippen molar-refractivity contribution in [3.63, 3.8) is 0 Å². The zero-order chi connectivity index (χ0) is 19.3. The number of alkyl halides is 3. The third-order valence-corrected chi connectivity index (χ3v) is 4.34. The van der Waals surface area contributed by atoms with Crippen LogP contribution in [0.2, 0.25) is 0 Å². The highest BCUT2D eigenvalue weighted by Crippen LogP contribution is 2.24. The Bertz CT molecular complexity index is 769. The maximum Gasteiger partial charge on any atom is 0.573 e. The van der Waals surface area contributed by atoms with Crippen LogP contribution >= 0.6 is 0 Å². The summed E-state index contributed by atoms with van der Waals surface area (Å²) in [7, 11) is 0. The Kier molecular flexibility index (Phi) is 6.01. The normalized spacial score (nSPS) is 14.9. The minimum Gasteiger partial charge on any atom is -0.406 e. The molecule has 0 saturated carbocycles. The molecule has 144 valence electrons. The first kappa shape index (κ1) is 19.2. The lowest BCUT2D eigenvalue weighted by Gasteiger charge is -2.28. The second kappa shape index (κ2) is 8.43. The van der Waals surface area contributed by atoms with E-state index in [1.165, 1.54) is 18.2 Å². The zero-order valence-electron chi connectivity index (χ0n) is 14.7. The molecule has 1 fully saturated rings. The average Bonchev–Trinajstić information content (AvgIpc) is 2.66. The van der Waals surface area contributed by atoms with Crippen LogP contribution in [-0.4, -0.2) is 38.4 Å². The lowest BCUT2D eigenvalue weighted by Crippen LogP contribution is -2.36. The second-order valence-corrected chi connectivity index (χ2v) is 6.26. The Balaban J connectivity index is 1.57. The van der Waals surface area contributed by atoms with Gasteiger partial charge in [0.1, 0.15) is 5.75 Å². The average molecular weight is 379 g/mol. The van der Waals surface area contributed by atoms with Crippen LogP contribution in [0.4, 0.5) is 18.9 Å². The van der Waals surface area contributed by atoms with E-state index in [0.29, 0.717) is 30.8 Å². The van der Waals surface area contributed by atoms with E-state index in [9.17, 15) is 18.0 Å². The van der Waals surface area contributed by atoms with Gasteiger partial charge in [-0.15, -0.1) is 13.2 Å². The number of ether oxygens (including phenoxy) is 2. The third kappa shape index (κ3) is 5.72. The van der Waals surface area contributed by atoms with Gasteiger partial charge in [0.15, 0.2) is 5.78 Å².